The highest BCUT2D eigenvalue weighted by Crippen LogP contribution is 2.16. The second-order valence-corrected chi connectivity index (χ2v) is 5.31. The van der Waals surface area contributed by atoms with E-state index in [4.69, 9.17) is 4.74 Å². The van der Waals surface area contributed by atoms with Gasteiger partial charge in [0.2, 0.25) is 5.91 Å². The Balaban J connectivity index is 2.39. The lowest BCUT2D eigenvalue weighted by molar-refractivity contribution is -0.142. The van der Waals surface area contributed by atoms with Crippen LogP contribution in [0.1, 0.15) is 32.9 Å². The highest BCUT2D eigenvalue weighted by Gasteiger charge is 2.11. The second-order valence-electron chi connectivity index (χ2n) is 4.45. The van der Waals surface area contributed by atoms with Gasteiger partial charge >= 0.3 is 5.97 Å². The van der Waals surface area contributed by atoms with Gasteiger partial charge in [-0.2, -0.15) is 0 Å². The number of aromatic nitrogens is 1. The Hall–Kier alpha value is -1.47. The van der Waals surface area contributed by atoms with Crippen molar-refractivity contribution in [1.82, 2.24) is 9.88 Å². The number of esters is 1. The van der Waals surface area contributed by atoms with Crippen molar-refractivity contribution in [2.45, 2.75) is 33.6 Å². The number of anilines is 1. The van der Waals surface area contributed by atoms with E-state index in [2.05, 4.69) is 29.0 Å². The maximum atomic E-state index is 11.8. The Morgan fingerprint density at radius 1 is 1.33 bits per heavy atom. The molecule has 0 aliphatic carbocycles. The Morgan fingerprint density at radius 2 is 2.05 bits per heavy atom. The number of nitrogens with zero attached hydrogens (tertiary/aromatic N) is 2. The van der Waals surface area contributed by atoms with Crippen LogP contribution in [0.2, 0.25) is 0 Å². The lowest BCUT2D eigenvalue weighted by atomic mass is 10.3. The smallest absolute Gasteiger partial charge is 0.311 e. The number of carbonyl (C=O) groups is 2. The van der Waals surface area contributed by atoms with Crippen molar-refractivity contribution in [3.63, 3.8) is 0 Å². The summed E-state index contributed by atoms with van der Waals surface area (Å²) in [7, 11) is 0. The van der Waals surface area contributed by atoms with Gasteiger partial charge in [0, 0.05) is 18.3 Å². The maximum Gasteiger partial charge on any atom is 0.311 e. The van der Waals surface area contributed by atoms with Crippen LogP contribution in [0.15, 0.2) is 5.38 Å². The molecule has 0 radical (unpaired) electrons. The van der Waals surface area contributed by atoms with Gasteiger partial charge in [-0.25, -0.2) is 4.98 Å². The summed E-state index contributed by atoms with van der Waals surface area (Å²) in [5.74, 6) is -0.360. The molecule has 1 aromatic rings. The van der Waals surface area contributed by atoms with Gasteiger partial charge in [0.15, 0.2) is 5.13 Å². The zero-order chi connectivity index (χ0) is 15.7. The van der Waals surface area contributed by atoms with E-state index in [1.54, 1.807) is 12.3 Å². The third kappa shape index (κ3) is 6.68. The number of thiazole rings is 1. The Labute approximate surface area is 129 Å². The van der Waals surface area contributed by atoms with Crippen LogP contribution in [0, 0.1) is 0 Å². The van der Waals surface area contributed by atoms with E-state index in [0.29, 0.717) is 23.9 Å². The van der Waals surface area contributed by atoms with E-state index in [9.17, 15) is 9.59 Å². The minimum Gasteiger partial charge on any atom is -0.466 e. The van der Waals surface area contributed by atoms with Crippen LogP contribution in [0.4, 0.5) is 5.13 Å². The molecule has 0 fully saturated rings. The molecule has 1 amide bonds. The van der Waals surface area contributed by atoms with Crippen LogP contribution < -0.4 is 5.32 Å². The van der Waals surface area contributed by atoms with Crippen molar-refractivity contribution in [3.8, 4) is 0 Å². The van der Waals surface area contributed by atoms with Crippen molar-refractivity contribution in [3.05, 3.63) is 11.1 Å². The predicted octanol–water partition coefficient (Wildman–Crippen LogP) is 1.92. The van der Waals surface area contributed by atoms with Gasteiger partial charge in [0.05, 0.1) is 18.7 Å². The average molecular weight is 313 g/mol. The molecular formula is C14H23N3O3S. The van der Waals surface area contributed by atoms with Gasteiger partial charge in [-0.1, -0.05) is 13.8 Å². The normalized spacial score (nSPS) is 10.7. The van der Waals surface area contributed by atoms with E-state index in [0.717, 1.165) is 19.6 Å². The largest absolute Gasteiger partial charge is 0.466 e. The first kappa shape index (κ1) is 17.6. The number of carbonyl (C=O) groups excluding carboxylic acids is 2. The summed E-state index contributed by atoms with van der Waals surface area (Å²) in [6, 6.07) is 0. The Morgan fingerprint density at radius 3 is 2.67 bits per heavy atom. The average Bonchev–Trinajstić information content (AvgIpc) is 2.87. The fourth-order valence-corrected chi connectivity index (χ4v) is 2.51. The van der Waals surface area contributed by atoms with Gasteiger partial charge in [0.1, 0.15) is 0 Å². The molecule has 0 unspecified atom stereocenters. The first-order valence-electron chi connectivity index (χ1n) is 7.21. The third-order valence-electron chi connectivity index (χ3n) is 2.98. The van der Waals surface area contributed by atoms with Crippen LogP contribution >= 0.6 is 11.3 Å². The molecule has 0 atom stereocenters. The number of ether oxygens (including phenoxy) is 1. The van der Waals surface area contributed by atoms with Gasteiger partial charge in [-0.05, 0) is 20.0 Å². The van der Waals surface area contributed by atoms with Gasteiger partial charge in [0.25, 0.3) is 0 Å². The molecule has 1 N–H and O–H groups in total. The quantitative estimate of drug-likeness (QED) is 0.705. The summed E-state index contributed by atoms with van der Waals surface area (Å²) < 4.78 is 4.86. The predicted molar refractivity (Wildman–Crippen MR) is 83.5 cm³/mol. The molecule has 0 aliphatic rings. The van der Waals surface area contributed by atoms with Crippen molar-refractivity contribution in [2.24, 2.45) is 0 Å². The lowest BCUT2D eigenvalue weighted by Gasteiger charge is -2.16. The van der Waals surface area contributed by atoms with Crippen molar-refractivity contribution in [2.75, 3.05) is 31.6 Å². The Bertz CT molecular complexity index is 458. The van der Waals surface area contributed by atoms with Gasteiger partial charge in [-0.15, -0.1) is 11.3 Å². The zero-order valence-corrected chi connectivity index (χ0v) is 13.7. The number of hydrogen-bond donors (Lipinski definition) is 1. The van der Waals surface area contributed by atoms with Crippen molar-refractivity contribution < 1.29 is 14.3 Å². The summed E-state index contributed by atoms with van der Waals surface area (Å²) >= 11 is 1.32. The SMILES string of the molecule is CCOC(=O)Cc1csc(NC(=O)CCN(CC)CC)n1. The summed E-state index contributed by atoms with van der Waals surface area (Å²) in [6.45, 7) is 8.88. The van der Waals surface area contributed by atoms with Gasteiger partial charge in [-0.3, -0.25) is 9.59 Å². The maximum absolute atomic E-state index is 11.8. The van der Waals surface area contributed by atoms with Crippen LogP contribution in [-0.2, 0) is 20.7 Å². The first-order chi connectivity index (χ1) is 10.1. The number of nitrogens with one attached hydrogen (secondary N) is 1. The van der Waals surface area contributed by atoms with Crippen LogP contribution in [0.3, 0.4) is 0 Å². The van der Waals surface area contributed by atoms with Crippen molar-refractivity contribution >= 4 is 28.3 Å². The standard InChI is InChI=1S/C14H23N3O3S/c1-4-17(5-2)8-7-12(18)16-14-15-11(10-21-14)9-13(19)20-6-3/h10H,4-9H2,1-3H3,(H,15,16,18). The molecule has 1 rings (SSSR count). The van der Waals surface area contributed by atoms with Crippen molar-refractivity contribution in [1.29, 1.82) is 0 Å². The number of amides is 1. The molecule has 21 heavy (non-hydrogen) atoms. The lowest BCUT2D eigenvalue weighted by Crippen LogP contribution is -2.27. The van der Waals surface area contributed by atoms with Crippen LogP contribution in [0.25, 0.3) is 0 Å². The molecule has 0 bridgehead atoms. The van der Waals surface area contributed by atoms with E-state index in [1.165, 1.54) is 11.3 Å². The summed E-state index contributed by atoms with van der Waals surface area (Å²) in [5, 5.41) is 5.05. The molecule has 0 spiro atoms. The highest BCUT2D eigenvalue weighted by atomic mass is 32.1. The number of hydrogen-bond acceptors (Lipinski definition) is 6. The van der Waals surface area contributed by atoms with Crippen LogP contribution in [-0.4, -0.2) is 48.0 Å². The first-order valence-corrected chi connectivity index (χ1v) is 8.09. The monoisotopic (exact) mass is 313 g/mol. The third-order valence-corrected chi connectivity index (χ3v) is 3.78. The topological polar surface area (TPSA) is 71.5 Å². The summed E-state index contributed by atoms with van der Waals surface area (Å²) in [6.07, 6.45) is 0.578. The molecule has 0 saturated heterocycles. The van der Waals surface area contributed by atoms with E-state index in [-0.39, 0.29) is 18.3 Å². The molecule has 1 heterocycles. The minimum absolute atomic E-state index is 0.0565. The van der Waals surface area contributed by atoms with Crippen LogP contribution in [0.5, 0.6) is 0 Å². The van der Waals surface area contributed by atoms with E-state index < -0.39 is 0 Å². The molecule has 0 saturated carbocycles. The summed E-state index contributed by atoms with van der Waals surface area (Å²) in [5.41, 5.74) is 0.623. The molecule has 7 heteroatoms. The Kier molecular flexibility index (Phi) is 7.92. The molecule has 0 aliphatic heterocycles. The second kappa shape index (κ2) is 9.46. The molecule has 0 aromatic carbocycles. The van der Waals surface area contributed by atoms with E-state index in [1.807, 2.05) is 0 Å². The molecule has 6 nitrogen and oxygen atoms in total. The fourth-order valence-electron chi connectivity index (χ4n) is 1.79. The molecule has 118 valence electrons. The molecule has 1 aromatic heterocycles. The van der Waals surface area contributed by atoms with Gasteiger partial charge < -0.3 is 15.0 Å². The van der Waals surface area contributed by atoms with E-state index >= 15 is 0 Å². The highest BCUT2D eigenvalue weighted by molar-refractivity contribution is 7.13. The molecular weight excluding hydrogens is 290 g/mol. The minimum atomic E-state index is -0.304. The number of rotatable bonds is 9. The fraction of sp³-hybridized carbons (Fsp3) is 0.643. The zero-order valence-electron chi connectivity index (χ0n) is 12.8. The summed E-state index contributed by atoms with van der Waals surface area (Å²) in [4.78, 5) is 29.6.